The molecule has 1 aromatic heterocycles. The van der Waals surface area contributed by atoms with Crippen molar-refractivity contribution in [2.75, 3.05) is 7.11 Å². The molecule has 1 aromatic carbocycles. The minimum Gasteiger partial charge on any atom is -0.507 e. The number of phenols is 1. The molecule has 0 amide bonds. The van der Waals surface area contributed by atoms with Crippen molar-refractivity contribution in [1.82, 2.24) is 4.98 Å². The van der Waals surface area contributed by atoms with Crippen molar-refractivity contribution in [2.45, 2.75) is 6.61 Å². The van der Waals surface area contributed by atoms with Gasteiger partial charge in [-0.05, 0) is 18.2 Å². The summed E-state index contributed by atoms with van der Waals surface area (Å²) in [4.78, 5) is 26.3. The Labute approximate surface area is 121 Å². The van der Waals surface area contributed by atoms with Crippen LogP contribution in [0.5, 0.6) is 11.5 Å². The first-order valence-corrected chi connectivity index (χ1v) is 6.08. The summed E-state index contributed by atoms with van der Waals surface area (Å²) >= 11 is 0. The summed E-state index contributed by atoms with van der Waals surface area (Å²) in [6.07, 6.45) is 3.45. The molecule has 6 nitrogen and oxygen atoms in total. The Hall–Kier alpha value is -2.89. The Morgan fingerprint density at radius 3 is 2.90 bits per heavy atom. The molecule has 2 aromatic rings. The predicted octanol–water partition coefficient (Wildman–Crippen LogP) is 1.97. The molecule has 2 rings (SSSR count). The van der Waals surface area contributed by atoms with Crippen molar-refractivity contribution >= 4 is 12.3 Å². The van der Waals surface area contributed by atoms with E-state index in [0.717, 1.165) is 0 Å². The molecule has 108 valence electrons. The molecule has 0 saturated heterocycles. The molecule has 21 heavy (non-hydrogen) atoms. The number of aromatic hydroxyl groups is 1. The van der Waals surface area contributed by atoms with Gasteiger partial charge in [-0.3, -0.25) is 9.78 Å². The lowest BCUT2D eigenvalue weighted by atomic mass is 10.2. The first kappa shape index (κ1) is 14.5. The molecule has 0 bridgehead atoms. The summed E-state index contributed by atoms with van der Waals surface area (Å²) in [6, 6.07) is 6.13. The van der Waals surface area contributed by atoms with Crippen molar-refractivity contribution in [3.8, 4) is 11.5 Å². The zero-order valence-corrected chi connectivity index (χ0v) is 11.3. The minimum absolute atomic E-state index is 0.0783. The van der Waals surface area contributed by atoms with E-state index in [4.69, 9.17) is 4.74 Å². The van der Waals surface area contributed by atoms with Crippen LogP contribution in [0.2, 0.25) is 0 Å². The van der Waals surface area contributed by atoms with Crippen LogP contribution in [0.3, 0.4) is 0 Å². The molecular weight excluding hydrogens is 274 g/mol. The van der Waals surface area contributed by atoms with Crippen LogP contribution >= 0.6 is 0 Å². The molecule has 1 N–H and O–H groups in total. The first-order chi connectivity index (χ1) is 10.2. The Morgan fingerprint density at radius 2 is 2.19 bits per heavy atom. The fourth-order valence-corrected chi connectivity index (χ4v) is 1.73. The van der Waals surface area contributed by atoms with E-state index in [1.165, 1.54) is 25.6 Å². The van der Waals surface area contributed by atoms with E-state index in [2.05, 4.69) is 9.72 Å². The third kappa shape index (κ3) is 3.36. The monoisotopic (exact) mass is 287 g/mol. The SMILES string of the molecule is COC(=O)c1cncc(COc2cccc(O)c2C=O)c1. The zero-order valence-electron chi connectivity index (χ0n) is 11.3. The Balaban J connectivity index is 2.15. The number of methoxy groups -OCH3 is 1. The lowest BCUT2D eigenvalue weighted by molar-refractivity contribution is 0.0600. The summed E-state index contributed by atoms with van der Waals surface area (Å²) in [5.74, 6) is -0.382. The Morgan fingerprint density at radius 1 is 1.38 bits per heavy atom. The molecule has 6 heteroatoms. The number of carbonyl (C=O) groups excluding carboxylic acids is 2. The Bertz CT molecular complexity index is 669. The Kier molecular flexibility index (Phi) is 4.50. The third-order valence-electron chi connectivity index (χ3n) is 2.77. The topological polar surface area (TPSA) is 85.7 Å². The summed E-state index contributed by atoms with van der Waals surface area (Å²) in [5.41, 5.74) is 1.03. The molecule has 1 heterocycles. The quantitative estimate of drug-likeness (QED) is 0.668. The molecule has 0 aliphatic heterocycles. The lowest BCUT2D eigenvalue weighted by Gasteiger charge is -2.09. The number of benzene rings is 1. The van der Waals surface area contributed by atoms with Crippen molar-refractivity contribution in [3.63, 3.8) is 0 Å². The molecule has 0 saturated carbocycles. The van der Waals surface area contributed by atoms with E-state index in [1.807, 2.05) is 0 Å². The molecule has 0 spiro atoms. The smallest absolute Gasteiger partial charge is 0.339 e. The van der Waals surface area contributed by atoms with Crippen LogP contribution in [0.15, 0.2) is 36.7 Å². The van der Waals surface area contributed by atoms with Crippen molar-refractivity contribution in [1.29, 1.82) is 0 Å². The van der Waals surface area contributed by atoms with Gasteiger partial charge in [-0.1, -0.05) is 6.07 Å². The average molecular weight is 287 g/mol. The zero-order chi connectivity index (χ0) is 15.2. The van der Waals surface area contributed by atoms with Crippen LogP contribution < -0.4 is 4.74 Å². The normalized spacial score (nSPS) is 9.95. The van der Waals surface area contributed by atoms with E-state index >= 15 is 0 Å². The van der Waals surface area contributed by atoms with Gasteiger partial charge in [0.25, 0.3) is 0 Å². The van der Waals surface area contributed by atoms with Crippen LogP contribution in [0.25, 0.3) is 0 Å². The van der Waals surface area contributed by atoms with Crippen LogP contribution in [-0.2, 0) is 11.3 Å². The van der Waals surface area contributed by atoms with Gasteiger partial charge in [0.1, 0.15) is 18.1 Å². The van der Waals surface area contributed by atoms with Crippen molar-refractivity contribution in [3.05, 3.63) is 53.3 Å². The van der Waals surface area contributed by atoms with E-state index in [-0.39, 0.29) is 23.7 Å². The molecule has 0 aliphatic rings. The van der Waals surface area contributed by atoms with Crippen molar-refractivity contribution < 1.29 is 24.2 Å². The highest BCUT2D eigenvalue weighted by Crippen LogP contribution is 2.26. The van der Waals surface area contributed by atoms with E-state index in [1.54, 1.807) is 18.2 Å². The highest BCUT2D eigenvalue weighted by molar-refractivity contribution is 5.89. The lowest BCUT2D eigenvalue weighted by Crippen LogP contribution is -2.04. The minimum atomic E-state index is -0.490. The van der Waals surface area contributed by atoms with Gasteiger partial charge in [0.15, 0.2) is 6.29 Å². The molecule has 0 unspecified atom stereocenters. The number of nitrogens with zero attached hydrogens (tertiary/aromatic N) is 1. The highest BCUT2D eigenvalue weighted by Gasteiger charge is 2.10. The second-order valence-corrected chi connectivity index (χ2v) is 4.17. The number of esters is 1. The maximum Gasteiger partial charge on any atom is 0.339 e. The number of carbonyl (C=O) groups is 2. The molecular formula is C15H13NO5. The van der Waals surface area contributed by atoms with Crippen LogP contribution in [0.1, 0.15) is 26.3 Å². The van der Waals surface area contributed by atoms with Gasteiger partial charge in [0.05, 0.1) is 18.2 Å². The number of pyridine rings is 1. The van der Waals surface area contributed by atoms with Crippen LogP contribution in [0, 0.1) is 0 Å². The number of rotatable bonds is 5. The fourth-order valence-electron chi connectivity index (χ4n) is 1.73. The summed E-state index contributed by atoms with van der Waals surface area (Å²) in [7, 11) is 1.29. The average Bonchev–Trinajstić information content (AvgIpc) is 2.52. The third-order valence-corrected chi connectivity index (χ3v) is 2.77. The molecule has 0 fully saturated rings. The van der Waals surface area contributed by atoms with Gasteiger partial charge in [-0.2, -0.15) is 0 Å². The van der Waals surface area contributed by atoms with Crippen molar-refractivity contribution in [2.24, 2.45) is 0 Å². The van der Waals surface area contributed by atoms with E-state index in [0.29, 0.717) is 17.4 Å². The summed E-state index contributed by atoms with van der Waals surface area (Å²) in [6.45, 7) is 0.0993. The molecule has 0 radical (unpaired) electrons. The summed E-state index contributed by atoms with van der Waals surface area (Å²) in [5, 5.41) is 9.55. The molecule has 0 aliphatic carbocycles. The summed E-state index contributed by atoms with van der Waals surface area (Å²) < 4.78 is 10.1. The van der Waals surface area contributed by atoms with E-state index in [9.17, 15) is 14.7 Å². The van der Waals surface area contributed by atoms with Gasteiger partial charge in [0.2, 0.25) is 0 Å². The number of aromatic nitrogens is 1. The van der Waals surface area contributed by atoms with Crippen LogP contribution in [-0.4, -0.2) is 29.5 Å². The maximum absolute atomic E-state index is 11.4. The highest BCUT2D eigenvalue weighted by atomic mass is 16.5. The fraction of sp³-hybridized carbons (Fsp3) is 0.133. The molecule has 0 atom stereocenters. The van der Waals surface area contributed by atoms with Crippen LogP contribution in [0.4, 0.5) is 0 Å². The number of hydrogen-bond donors (Lipinski definition) is 1. The van der Waals surface area contributed by atoms with Gasteiger partial charge < -0.3 is 14.6 Å². The second-order valence-electron chi connectivity index (χ2n) is 4.17. The first-order valence-electron chi connectivity index (χ1n) is 6.08. The van der Waals surface area contributed by atoms with Gasteiger partial charge >= 0.3 is 5.97 Å². The van der Waals surface area contributed by atoms with Gasteiger partial charge in [-0.25, -0.2) is 4.79 Å². The second kappa shape index (κ2) is 6.51. The maximum atomic E-state index is 11.4. The number of phenolic OH excluding ortho intramolecular Hbond substituents is 1. The predicted molar refractivity (Wildman–Crippen MR) is 73.4 cm³/mol. The van der Waals surface area contributed by atoms with Gasteiger partial charge in [-0.15, -0.1) is 0 Å². The van der Waals surface area contributed by atoms with E-state index < -0.39 is 5.97 Å². The van der Waals surface area contributed by atoms with Gasteiger partial charge in [0, 0.05) is 18.0 Å². The number of aldehydes is 1. The number of hydrogen-bond acceptors (Lipinski definition) is 6. The largest absolute Gasteiger partial charge is 0.507 e. The standard InChI is InChI=1S/C15H13NO5/c1-20-15(19)11-5-10(6-16-7-11)9-21-14-4-2-3-13(18)12(14)8-17/h2-8,18H,9H2,1H3. The number of ether oxygens (including phenoxy) is 2.